The highest BCUT2D eigenvalue weighted by Crippen LogP contribution is 2.35. The average Bonchev–Trinajstić information content (AvgIpc) is 3.15. The molecule has 0 aliphatic carbocycles. The van der Waals surface area contributed by atoms with Crippen LogP contribution in [0.5, 0.6) is 0 Å². The van der Waals surface area contributed by atoms with Crippen molar-refractivity contribution in [2.45, 2.75) is 25.1 Å². The average molecular weight is 347 g/mol. The van der Waals surface area contributed by atoms with Crippen molar-refractivity contribution in [2.75, 3.05) is 18.0 Å². The topological polar surface area (TPSA) is 46.8 Å². The Morgan fingerprint density at radius 1 is 1.16 bits per heavy atom. The number of rotatable bonds is 2. The highest BCUT2D eigenvalue weighted by Gasteiger charge is 2.31. The Hall–Kier alpha value is -2.64. The molecule has 3 heterocycles. The number of anilines is 1. The lowest BCUT2D eigenvalue weighted by Gasteiger charge is -2.34. The number of benzene rings is 1. The van der Waals surface area contributed by atoms with Gasteiger partial charge in [-0.05, 0) is 31.0 Å². The quantitative estimate of drug-likeness (QED) is 0.709. The molecule has 0 radical (unpaired) electrons. The molecule has 5 nitrogen and oxygen atoms in total. The number of aromatic nitrogens is 4. The molecular weight excluding hydrogens is 331 g/mol. The van der Waals surface area contributed by atoms with E-state index in [9.17, 15) is 13.2 Å². The summed E-state index contributed by atoms with van der Waals surface area (Å²) in [4.78, 5) is 10.3. The second-order valence-corrected chi connectivity index (χ2v) is 6.18. The van der Waals surface area contributed by atoms with E-state index >= 15 is 0 Å². The molecule has 1 atom stereocenters. The van der Waals surface area contributed by atoms with Gasteiger partial charge in [-0.1, -0.05) is 6.07 Å². The standard InChI is InChI=1S/C17H16F3N5/c18-17(19,20)12-3-4-14-15(8-12)22-6-5-16(14)24-7-1-2-13(9-24)25-11-21-10-23-25/h3-6,8,10-11,13H,1-2,7,9H2. The summed E-state index contributed by atoms with van der Waals surface area (Å²) in [7, 11) is 0. The summed E-state index contributed by atoms with van der Waals surface area (Å²) >= 11 is 0. The number of halogens is 3. The normalized spacial score (nSPS) is 18.7. The predicted molar refractivity (Wildman–Crippen MR) is 87.3 cm³/mol. The van der Waals surface area contributed by atoms with Crippen molar-refractivity contribution >= 4 is 16.6 Å². The third kappa shape index (κ3) is 3.04. The Balaban J connectivity index is 1.69. The van der Waals surface area contributed by atoms with Crippen LogP contribution in [0.3, 0.4) is 0 Å². The SMILES string of the molecule is FC(F)(F)c1ccc2c(N3CCCC(n4cncn4)C3)ccnc2c1. The first-order valence-electron chi connectivity index (χ1n) is 8.07. The minimum atomic E-state index is -4.37. The van der Waals surface area contributed by atoms with Gasteiger partial charge >= 0.3 is 6.18 Å². The molecule has 1 aliphatic heterocycles. The van der Waals surface area contributed by atoms with Gasteiger partial charge in [0.1, 0.15) is 12.7 Å². The van der Waals surface area contributed by atoms with E-state index in [1.54, 1.807) is 12.5 Å². The monoisotopic (exact) mass is 347 g/mol. The van der Waals surface area contributed by atoms with Crippen LogP contribution in [-0.4, -0.2) is 32.8 Å². The molecule has 130 valence electrons. The van der Waals surface area contributed by atoms with E-state index in [-0.39, 0.29) is 6.04 Å². The molecule has 8 heteroatoms. The minimum absolute atomic E-state index is 0.203. The van der Waals surface area contributed by atoms with Crippen LogP contribution in [-0.2, 0) is 6.18 Å². The number of pyridine rings is 1. The summed E-state index contributed by atoms with van der Waals surface area (Å²) in [6.45, 7) is 1.59. The summed E-state index contributed by atoms with van der Waals surface area (Å²) in [5.41, 5.74) is 0.586. The van der Waals surface area contributed by atoms with Gasteiger partial charge in [0, 0.05) is 30.4 Å². The van der Waals surface area contributed by atoms with Crippen molar-refractivity contribution < 1.29 is 13.2 Å². The van der Waals surface area contributed by atoms with E-state index in [0.29, 0.717) is 5.52 Å². The predicted octanol–water partition coefficient (Wildman–Crippen LogP) is 3.69. The van der Waals surface area contributed by atoms with Gasteiger partial charge in [0.25, 0.3) is 0 Å². The van der Waals surface area contributed by atoms with E-state index in [0.717, 1.165) is 49.1 Å². The van der Waals surface area contributed by atoms with E-state index < -0.39 is 11.7 Å². The molecule has 2 aromatic heterocycles. The van der Waals surface area contributed by atoms with Gasteiger partial charge < -0.3 is 4.90 Å². The summed E-state index contributed by atoms with van der Waals surface area (Å²) in [6.07, 6.45) is 2.40. The van der Waals surface area contributed by atoms with Crippen molar-refractivity contribution in [1.29, 1.82) is 0 Å². The molecule has 3 aromatic rings. The van der Waals surface area contributed by atoms with E-state index in [1.165, 1.54) is 12.4 Å². The van der Waals surface area contributed by atoms with Gasteiger partial charge in [-0.15, -0.1) is 0 Å². The van der Waals surface area contributed by atoms with Gasteiger partial charge in [-0.2, -0.15) is 18.3 Å². The lowest BCUT2D eigenvalue weighted by Crippen LogP contribution is -2.37. The van der Waals surface area contributed by atoms with Crippen LogP contribution in [0, 0.1) is 0 Å². The molecule has 1 aromatic carbocycles. The van der Waals surface area contributed by atoms with Crippen LogP contribution in [0.25, 0.3) is 10.9 Å². The van der Waals surface area contributed by atoms with Crippen LogP contribution < -0.4 is 4.90 Å². The zero-order valence-corrected chi connectivity index (χ0v) is 13.3. The molecule has 0 bridgehead atoms. The zero-order valence-electron chi connectivity index (χ0n) is 13.3. The first-order chi connectivity index (χ1) is 12.0. The number of fused-ring (bicyclic) bond motifs is 1. The van der Waals surface area contributed by atoms with Gasteiger partial charge in [-0.25, -0.2) is 9.67 Å². The molecule has 0 spiro atoms. The maximum absolute atomic E-state index is 12.9. The number of hydrogen-bond donors (Lipinski definition) is 0. The third-order valence-electron chi connectivity index (χ3n) is 4.59. The Kier molecular flexibility index (Phi) is 3.82. The lowest BCUT2D eigenvalue weighted by molar-refractivity contribution is -0.137. The van der Waals surface area contributed by atoms with Crippen molar-refractivity contribution in [1.82, 2.24) is 19.7 Å². The second-order valence-electron chi connectivity index (χ2n) is 6.18. The number of piperidine rings is 1. The minimum Gasteiger partial charge on any atom is -0.369 e. The molecule has 0 saturated carbocycles. The highest BCUT2D eigenvalue weighted by molar-refractivity contribution is 5.92. The van der Waals surface area contributed by atoms with Crippen LogP contribution >= 0.6 is 0 Å². The van der Waals surface area contributed by atoms with Crippen molar-refractivity contribution in [3.63, 3.8) is 0 Å². The van der Waals surface area contributed by atoms with Crippen molar-refractivity contribution in [3.05, 3.63) is 48.7 Å². The first-order valence-corrected chi connectivity index (χ1v) is 8.07. The zero-order chi connectivity index (χ0) is 17.4. The van der Waals surface area contributed by atoms with E-state index in [2.05, 4.69) is 20.0 Å². The highest BCUT2D eigenvalue weighted by atomic mass is 19.4. The molecule has 1 unspecified atom stereocenters. The molecule has 1 aliphatic rings. The van der Waals surface area contributed by atoms with Crippen molar-refractivity contribution in [3.8, 4) is 0 Å². The Bertz CT molecular complexity index is 876. The fraction of sp³-hybridized carbons (Fsp3) is 0.353. The van der Waals surface area contributed by atoms with Crippen LogP contribution in [0.2, 0.25) is 0 Å². The smallest absolute Gasteiger partial charge is 0.369 e. The molecular formula is C17H16F3N5. The maximum atomic E-state index is 12.9. The number of alkyl halides is 3. The van der Waals surface area contributed by atoms with Gasteiger partial charge in [-0.3, -0.25) is 4.98 Å². The fourth-order valence-corrected chi connectivity index (χ4v) is 3.38. The largest absolute Gasteiger partial charge is 0.416 e. The summed E-state index contributed by atoms with van der Waals surface area (Å²) < 4.78 is 40.6. The number of hydrogen-bond acceptors (Lipinski definition) is 4. The van der Waals surface area contributed by atoms with Gasteiger partial charge in [0.15, 0.2) is 0 Å². The molecule has 0 N–H and O–H groups in total. The lowest BCUT2D eigenvalue weighted by atomic mass is 10.0. The first kappa shape index (κ1) is 15.9. The third-order valence-corrected chi connectivity index (χ3v) is 4.59. The Morgan fingerprint density at radius 2 is 2.04 bits per heavy atom. The molecule has 0 amide bonds. The molecule has 25 heavy (non-hydrogen) atoms. The Morgan fingerprint density at radius 3 is 2.80 bits per heavy atom. The Labute approximate surface area is 142 Å². The fourth-order valence-electron chi connectivity index (χ4n) is 3.38. The molecule has 4 rings (SSSR count). The maximum Gasteiger partial charge on any atom is 0.416 e. The molecule has 1 fully saturated rings. The van der Waals surface area contributed by atoms with E-state index in [4.69, 9.17) is 0 Å². The van der Waals surface area contributed by atoms with Crippen LogP contribution in [0.15, 0.2) is 43.1 Å². The van der Waals surface area contributed by atoms with Gasteiger partial charge in [0.05, 0.1) is 17.1 Å². The summed E-state index contributed by atoms with van der Waals surface area (Å²) in [5.74, 6) is 0. The molecule has 1 saturated heterocycles. The summed E-state index contributed by atoms with van der Waals surface area (Å²) in [6, 6.07) is 5.80. The van der Waals surface area contributed by atoms with Crippen LogP contribution in [0.1, 0.15) is 24.4 Å². The van der Waals surface area contributed by atoms with Crippen molar-refractivity contribution in [2.24, 2.45) is 0 Å². The summed E-state index contributed by atoms with van der Waals surface area (Å²) in [5, 5.41) is 4.94. The second kappa shape index (κ2) is 6.02. The number of nitrogens with zero attached hydrogens (tertiary/aromatic N) is 5. The van der Waals surface area contributed by atoms with E-state index in [1.807, 2.05) is 10.7 Å². The van der Waals surface area contributed by atoms with Crippen LogP contribution in [0.4, 0.5) is 18.9 Å². The van der Waals surface area contributed by atoms with Gasteiger partial charge in [0.2, 0.25) is 0 Å².